The summed E-state index contributed by atoms with van der Waals surface area (Å²) < 4.78 is 7.52. The number of carbonyl (C=O) groups is 1. The molecule has 0 spiro atoms. The molecule has 2 aromatic heterocycles. The van der Waals surface area contributed by atoms with Gasteiger partial charge in [0.05, 0.1) is 17.9 Å². The molecule has 1 saturated heterocycles. The normalized spacial score (nSPS) is 18.5. The molecule has 0 bridgehead atoms. The number of aryl methyl sites for hydroxylation is 1. The Morgan fingerprint density at radius 1 is 1.50 bits per heavy atom. The van der Waals surface area contributed by atoms with Gasteiger partial charge in [0.1, 0.15) is 5.65 Å². The van der Waals surface area contributed by atoms with E-state index in [0.29, 0.717) is 25.5 Å². The fourth-order valence-corrected chi connectivity index (χ4v) is 3.04. The number of pyridine rings is 1. The molecule has 3 heterocycles. The van der Waals surface area contributed by atoms with Crippen LogP contribution in [0.5, 0.6) is 0 Å². The van der Waals surface area contributed by atoms with Crippen molar-refractivity contribution in [2.45, 2.75) is 32.7 Å². The summed E-state index contributed by atoms with van der Waals surface area (Å²) in [5, 5.41) is 0. The van der Waals surface area contributed by atoms with E-state index in [-0.39, 0.29) is 5.91 Å². The van der Waals surface area contributed by atoms with E-state index in [0.717, 1.165) is 36.5 Å². The fraction of sp³-hybridized carbons (Fsp3) is 0.529. The third-order valence-corrected chi connectivity index (χ3v) is 4.36. The average Bonchev–Trinajstić information content (AvgIpc) is 2.84. The number of amides is 1. The predicted molar refractivity (Wildman–Crippen MR) is 84.6 cm³/mol. The van der Waals surface area contributed by atoms with E-state index < -0.39 is 0 Å². The standard InChI is InChI=1S/C17H23N3O2/c1-13-15(20-8-4-3-7-16(20)18-13)11-19(2)17(21)10-14-6-5-9-22-12-14/h3-4,7-8,14H,5-6,9-12H2,1-2H3. The topological polar surface area (TPSA) is 46.8 Å². The Hall–Kier alpha value is -1.88. The number of hydrogen-bond acceptors (Lipinski definition) is 3. The van der Waals surface area contributed by atoms with Gasteiger partial charge in [-0.3, -0.25) is 4.79 Å². The first-order chi connectivity index (χ1) is 10.6. The lowest BCUT2D eigenvalue weighted by Crippen LogP contribution is -2.31. The molecule has 118 valence electrons. The minimum Gasteiger partial charge on any atom is -0.381 e. The summed E-state index contributed by atoms with van der Waals surface area (Å²) in [6, 6.07) is 5.94. The molecular weight excluding hydrogens is 278 g/mol. The highest BCUT2D eigenvalue weighted by atomic mass is 16.5. The molecular formula is C17H23N3O2. The highest BCUT2D eigenvalue weighted by Crippen LogP contribution is 2.19. The molecule has 5 nitrogen and oxygen atoms in total. The predicted octanol–water partition coefficient (Wildman–Crippen LogP) is 2.42. The second-order valence-corrected chi connectivity index (χ2v) is 6.11. The van der Waals surface area contributed by atoms with Crippen LogP contribution in [0.2, 0.25) is 0 Å². The van der Waals surface area contributed by atoms with Gasteiger partial charge in [-0.25, -0.2) is 4.98 Å². The summed E-state index contributed by atoms with van der Waals surface area (Å²) in [6.45, 7) is 4.13. The van der Waals surface area contributed by atoms with E-state index in [2.05, 4.69) is 9.38 Å². The number of carbonyl (C=O) groups excluding carboxylic acids is 1. The van der Waals surface area contributed by atoms with Gasteiger partial charge in [0.15, 0.2) is 0 Å². The number of imidazole rings is 1. The molecule has 1 amide bonds. The zero-order valence-electron chi connectivity index (χ0n) is 13.3. The van der Waals surface area contributed by atoms with Crippen molar-refractivity contribution in [3.63, 3.8) is 0 Å². The van der Waals surface area contributed by atoms with Crippen molar-refractivity contribution in [3.8, 4) is 0 Å². The smallest absolute Gasteiger partial charge is 0.223 e. The summed E-state index contributed by atoms with van der Waals surface area (Å²) in [7, 11) is 1.87. The first-order valence-corrected chi connectivity index (χ1v) is 7.89. The first kappa shape index (κ1) is 15.0. The van der Waals surface area contributed by atoms with Crippen LogP contribution in [-0.2, 0) is 16.1 Å². The summed E-state index contributed by atoms with van der Waals surface area (Å²) >= 11 is 0. The minimum atomic E-state index is 0.181. The molecule has 0 saturated carbocycles. The van der Waals surface area contributed by atoms with E-state index in [9.17, 15) is 4.79 Å². The maximum atomic E-state index is 12.4. The van der Waals surface area contributed by atoms with E-state index in [4.69, 9.17) is 4.74 Å². The first-order valence-electron chi connectivity index (χ1n) is 7.89. The number of aromatic nitrogens is 2. The van der Waals surface area contributed by atoms with Crippen LogP contribution >= 0.6 is 0 Å². The SMILES string of the molecule is Cc1nc2ccccn2c1CN(C)C(=O)CC1CCCOC1. The van der Waals surface area contributed by atoms with Gasteiger partial charge < -0.3 is 14.0 Å². The largest absolute Gasteiger partial charge is 0.381 e. The molecule has 1 atom stereocenters. The third kappa shape index (κ3) is 3.14. The van der Waals surface area contributed by atoms with E-state index in [1.54, 1.807) is 4.90 Å². The van der Waals surface area contributed by atoms with Crippen molar-refractivity contribution in [2.75, 3.05) is 20.3 Å². The van der Waals surface area contributed by atoms with Crippen molar-refractivity contribution in [1.29, 1.82) is 0 Å². The number of hydrogen-bond donors (Lipinski definition) is 0. The fourth-order valence-electron chi connectivity index (χ4n) is 3.04. The van der Waals surface area contributed by atoms with Crippen LogP contribution in [0.4, 0.5) is 0 Å². The van der Waals surface area contributed by atoms with Gasteiger partial charge in [0.25, 0.3) is 0 Å². The zero-order valence-corrected chi connectivity index (χ0v) is 13.3. The Kier molecular flexibility index (Phi) is 4.43. The highest BCUT2D eigenvalue weighted by molar-refractivity contribution is 5.76. The maximum absolute atomic E-state index is 12.4. The van der Waals surface area contributed by atoms with Crippen LogP contribution in [0.1, 0.15) is 30.7 Å². The summed E-state index contributed by atoms with van der Waals surface area (Å²) in [6.07, 6.45) is 4.73. The molecule has 22 heavy (non-hydrogen) atoms. The van der Waals surface area contributed by atoms with E-state index in [1.165, 1.54) is 0 Å². The Labute approximate surface area is 130 Å². The van der Waals surface area contributed by atoms with Gasteiger partial charge in [-0.1, -0.05) is 6.07 Å². The van der Waals surface area contributed by atoms with Crippen molar-refractivity contribution in [1.82, 2.24) is 14.3 Å². The Morgan fingerprint density at radius 3 is 3.14 bits per heavy atom. The van der Waals surface area contributed by atoms with Crippen LogP contribution in [-0.4, -0.2) is 40.5 Å². The van der Waals surface area contributed by atoms with Crippen LogP contribution in [0, 0.1) is 12.8 Å². The van der Waals surface area contributed by atoms with Crippen LogP contribution in [0.25, 0.3) is 5.65 Å². The average molecular weight is 301 g/mol. The maximum Gasteiger partial charge on any atom is 0.223 e. The molecule has 5 heteroatoms. The Morgan fingerprint density at radius 2 is 2.36 bits per heavy atom. The number of nitrogens with zero attached hydrogens (tertiary/aromatic N) is 3. The quantitative estimate of drug-likeness (QED) is 0.871. The molecule has 3 rings (SSSR count). The molecule has 1 aliphatic heterocycles. The lowest BCUT2D eigenvalue weighted by molar-refractivity contribution is -0.132. The molecule has 0 aromatic carbocycles. The minimum absolute atomic E-state index is 0.181. The third-order valence-electron chi connectivity index (χ3n) is 4.36. The highest BCUT2D eigenvalue weighted by Gasteiger charge is 2.21. The second-order valence-electron chi connectivity index (χ2n) is 6.11. The van der Waals surface area contributed by atoms with Crippen LogP contribution in [0.3, 0.4) is 0 Å². The molecule has 1 fully saturated rings. The van der Waals surface area contributed by atoms with Gasteiger partial charge >= 0.3 is 0 Å². The van der Waals surface area contributed by atoms with Crippen LogP contribution in [0.15, 0.2) is 24.4 Å². The Balaban J connectivity index is 1.68. The van der Waals surface area contributed by atoms with Gasteiger partial charge in [0.2, 0.25) is 5.91 Å². The van der Waals surface area contributed by atoms with E-state index >= 15 is 0 Å². The summed E-state index contributed by atoms with van der Waals surface area (Å²) in [5.74, 6) is 0.549. The molecule has 2 aromatic rings. The van der Waals surface area contributed by atoms with Crippen molar-refractivity contribution < 1.29 is 9.53 Å². The summed E-state index contributed by atoms with van der Waals surface area (Å²) in [5.41, 5.74) is 2.98. The number of fused-ring (bicyclic) bond motifs is 1. The molecule has 0 radical (unpaired) electrons. The van der Waals surface area contributed by atoms with Crippen molar-refractivity contribution in [2.24, 2.45) is 5.92 Å². The number of rotatable bonds is 4. The molecule has 0 N–H and O–H groups in total. The van der Waals surface area contributed by atoms with Gasteiger partial charge in [-0.05, 0) is 37.8 Å². The lowest BCUT2D eigenvalue weighted by Gasteiger charge is -2.24. The van der Waals surface area contributed by atoms with E-state index in [1.807, 2.05) is 38.4 Å². The Bertz CT molecular complexity index is 659. The lowest BCUT2D eigenvalue weighted by atomic mass is 9.98. The number of ether oxygens (including phenoxy) is 1. The van der Waals surface area contributed by atoms with Gasteiger partial charge in [0, 0.05) is 32.9 Å². The molecule has 1 unspecified atom stereocenters. The zero-order chi connectivity index (χ0) is 15.5. The monoisotopic (exact) mass is 301 g/mol. The summed E-state index contributed by atoms with van der Waals surface area (Å²) in [4.78, 5) is 18.8. The second kappa shape index (κ2) is 6.48. The van der Waals surface area contributed by atoms with Crippen molar-refractivity contribution >= 4 is 11.6 Å². The van der Waals surface area contributed by atoms with Crippen LogP contribution < -0.4 is 0 Å². The van der Waals surface area contributed by atoms with Crippen molar-refractivity contribution in [3.05, 3.63) is 35.8 Å². The van der Waals surface area contributed by atoms with Gasteiger partial charge in [-0.15, -0.1) is 0 Å². The van der Waals surface area contributed by atoms with Gasteiger partial charge in [-0.2, -0.15) is 0 Å². The molecule has 0 aliphatic carbocycles. The molecule has 1 aliphatic rings.